The summed E-state index contributed by atoms with van der Waals surface area (Å²) in [4.78, 5) is 33.9. The zero-order valence-electron chi connectivity index (χ0n) is 19.3. The largest absolute Gasteiger partial charge is 0.495 e. The van der Waals surface area contributed by atoms with Gasteiger partial charge in [-0.2, -0.15) is 0 Å². The molecule has 0 spiro atoms. The van der Waals surface area contributed by atoms with Gasteiger partial charge in [0.1, 0.15) is 17.2 Å². The van der Waals surface area contributed by atoms with E-state index in [4.69, 9.17) is 21.1 Å². The molecule has 6 nitrogen and oxygen atoms in total. The van der Waals surface area contributed by atoms with Crippen molar-refractivity contribution in [3.8, 4) is 5.75 Å². The third kappa shape index (κ3) is 4.91. The summed E-state index contributed by atoms with van der Waals surface area (Å²) in [7, 11) is 1.57. The Labute approximate surface area is 211 Å². The molecule has 9 heteroatoms. The lowest BCUT2D eigenvalue weighted by Gasteiger charge is -2.42. The van der Waals surface area contributed by atoms with Crippen LogP contribution in [0.1, 0.15) is 44.1 Å². The topological polar surface area (TPSA) is 81.3 Å². The van der Waals surface area contributed by atoms with Crippen molar-refractivity contribution >= 4 is 46.1 Å². The number of rotatable bonds is 7. The minimum Gasteiger partial charge on any atom is -0.495 e. The van der Waals surface area contributed by atoms with Crippen LogP contribution in [0.2, 0.25) is 5.02 Å². The molecule has 1 saturated heterocycles. The van der Waals surface area contributed by atoms with E-state index in [1.807, 2.05) is 18.2 Å². The van der Waals surface area contributed by atoms with Crippen molar-refractivity contribution in [1.82, 2.24) is 9.97 Å². The number of ether oxygens (including phenoxy) is 2. The Kier molecular flexibility index (Phi) is 6.77. The first-order valence-corrected chi connectivity index (χ1v) is 13.0. The van der Waals surface area contributed by atoms with Crippen LogP contribution in [0.15, 0.2) is 41.6 Å². The smallest absolute Gasteiger partial charge is 0.327 e. The van der Waals surface area contributed by atoms with E-state index in [0.29, 0.717) is 39.8 Å². The number of aromatic nitrogens is 2. The molecule has 2 fully saturated rings. The minimum absolute atomic E-state index is 0.155. The molecule has 0 bridgehead atoms. The fourth-order valence-electron chi connectivity index (χ4n) is 5.29. The quantitative estimate of drug-likeness (QED) is 0.311. The third-order valence-electron chi connectivity index (χ3n) is 7.09. The molecule has 1 aliphatic carbocycles. The lowest BCUT2D eigenvalue weighted by molar-refractivity contribution is -0.177. The summed E-state index contributed by atoms with van der Waals surface area (Å²) >= 11 is 7.33. The summed E-state index contributed by atoms with van der Waals surface area (Å²) in [5, 5.41) is -0.0775. The number of fused-ring (bicyclic) bond motifs is 1. The predicted octanol–water partition coefficient (Wildman–Crippen LogP) is 5.90. The number of ketones is 1. The maximum Gasteiger partial charge on any atom is 0.327 e. The first kappa shape index (κ1) is 24.1. The molecule has 2 unspecified atom stereocenters. The number of esters is 1. The zero-order chi connectivity index (χ0) is 24.6. The number of hydrogen-bond donors (Lipinski definition) is 1. The third-order valence-corrected chi connectivity index (χ3v) is 8.49. The number of aromatic amines is 1. The molecule has 1 aromatic heterocycles. The lowest BCUT2D eigenvalue weighted by Crippen LogP contribution is -2.53. The van der Waals surface area contributed by atoms with E-state index in [1.54, 1.807) is 13.2 Å². The Balaban J connectivity index is 1.34. The number of Topliss-reactive ketones (excluding diaryl/α,β-unsaturated/α-hetero) is 1. The van der Waals surface area contributed by atoms with Crippen LogP contribution in [0.25, 0.3) is 11.0 Å². The molecule has 0 amide bonds. The lowest BCUT2D eigenvalue weighted by atomic mass is 9.76. The van der Waals surface area contributed by atoms with Gasteiger partial charge in [0, 0.05) is 6.42 Å². The van der Waals surface area contributed by atoms with Gasteiger partial charge in [-0.1, -0.05) is 42.3 Å². The molecule has 35 heavy (non-hydrogen) atoms. The molecule has 3 aromatic rings. The molecular formula is C26H26ClFN2O4S. The summed E-state index contributed by atoms with van der Waals surface area (Å²) in [6, 6.07) is 9.85. The van der Waals surface area contributed by atoms with Gasteiger partial charge >= 0.3 is 5.97 Å². The Hall–Kier alpha value is -2.58. The van der Waals surface area contributed by atoms with Gasteiger partial charge in [-0.05, 0) is 67.5 Å². The zero-order valence-corrected chi connectivity index (χ0v) is 20.9. The number of H-pyrrole nitrogens is 1. The van der Waals surface area contributed by atoms with Crippen molar-refractivity contribution in [2.24, 2.45) is 5.92 Å². The maximum atomic E-state index is 13.5. The molecular weight excluding hydrogens is 491 g/mol. The Bertz CT molecular complexity index is 1260. The highest BCUT2D eigenvalue weighted by Crippen LogP contribution is 2.46. The maximum absolute atomic E-state index is 13.5. The van der Waals surface area contributed by atoms with Gasteiger partial charge in [-0.15, -0.1) is 0 Å². The standard InChI is InChI=1S/C26H26ClFN2O4S/c1-33-22-9-6-15(12-18(22)27)10-11-26(16-4-2-3-5-16)14-21(31)23(24(32)34-26)35-25-29-19-8-7-17(28)13-20(19)30-25/h6-9,12-13,16,23H,2-5,10-11,14H2,1H3,(H,29,30). The number of benzene rings is 2. The highest BCUT2D eigenvalue weighted by atomic mass is 35.5. The van der Waals surface area contributed by atoms with Crippen molar-refractivity contribution < 1.29 is 23.5 Å². The van der Waals surface area contributed by atoms with Crippen LogP contribution in [0, 0.1) is 11.7 Å². The fraction of sp³-hybridized carbons (Fsp3) is 0.423. The first-order chi connectivity index (χ1) is 16.9. The highest BCUT2D eigenvalue weighted by molar-refractivity contribution is 8.01. The predicted molar refractivity (Wildman–Crippen MR) is 132 cm³/mol. The summed E-state index contributed by atoms with van der Waals surface area (Å²) in [6.45, 7) is 0. The Morgan fingerprint density at radius 1 is 1.23 bits per heavy atom. The van der Waals surface area contributed by atoms with Gasteiger partial charge in [0.25, 0.3) is 0 Å². The summed E-state index contributed by atoms with van der Waals surface area (Å²) in [6.07, 6.45) is 5.39. The van der Waals surface area contributed by atoms with Crippen LogP contribution in [-0.4, -0.2) is 39.7 Å². The molecule has 1 N–H and O–H groups in total. The van der Waals surface area contributed by atoms with Crippen LogP contribution in [0.5, 0.6) is 5.75 Å². The summed E-state index contributed by atoms with van der Waals surface area (Å²) in [5.41, 5.74) is 1.28. The van der Waals surface area contributed by atoms with Gasteiger partial charge < -0.3 is 14.5 Å². The van der Waals surface area contributed by atoms with Gasteiger partial charge in [0.05, 0.1) is 23.2 Å². The molecule has 2 atom stereocenters. The first-order valence-electron chi connectivity index (χ1n) is 11.8. The van der Waals surface area contributed by atoms with Crippen LogP contribution >= 0.6 is 23.4 Å². The van der Waals surface area contributed by atoms with Gasteiger partial charge in [0.15, 0.2) is 16.2 Å². The van der Waals surface area contributed by atoms with Crippen molar-refractivity contribution in [3.63, 3.8) is 0 Å². The highest BCUT2D eigenvalue weighted by Gasteiger charge is 2.52. The molecule has 1 aliphatic heterocycles. The number of imidazole rings is 1. The van der Waals surface area contributed by atoms with Gasteiger partial charge in [0.2, 0.25) is 0 Å². The van der Waals surface area contributed by atoms with Crippen molar-refractivity contribution in [1.29, 1.82) is 0 Å². The molecule has 2 aliphatic rings. The molecule has 5 rings (SSSR count). The van der Waals surface area contributed by atoms with E-state index >= 15 is 0 Å². The van der Waals surface area contributed by atoms with Crippen LogP contribution < -0.4 is 4.74 Å². The SMILES string of the molecule is COc1ccc(CCC2(C3CCCC3)CC(=O)C(Sc3nc4ccc(F)cc4[nH]3)C(=O)O2)cc1Cl. The van der Waals surface area contributed by atoms with Crippen molar-refractivity contribution in [2.75, 3.05) is 7.11 Å². The van der Waals surface area contributed by atoms with Crippen LogP contribution in [0.3, 0.4) is 0 Å². The Morgan fingerprint density at radius 3 is 2.74 bits per heavy atom. The molecule has 184 valence electrons. The Morgan fingerprint density at radius 2 is 2.03 bits per heavy atom. The molecule has 2 heterocycles. The summed E-state index contributed by atoms with van der Waals surface area (Å²) in [5.74, 6) is -0.307. The number of halogens is 2. The average molecular weight is 517 g/mol. The summed E-state index contributed by atoms with van der Waals surface area (Å²) < 4.78 is 24.9. The van der Waals surface area contributed by atoms with E-state index in [0.717, 1.165) is 43.0 Å². The number of nitrogens with one attached hydrogen (secondary N) is 1. The second kappa shape index (κ2) is 9.82. The second-order valence-corrected chi connectivity index (χ2v) is 10.8. The molecule has 2 aromatic carbocycles. The number of carbonyl (C=O) groups excluding carboxylic acids is 2. The van der Waals surface area contributed by atoms with E-state index in [-0.39, 0.29) is 23.9 Å². The number of methoxy groups -OCH3 is 1. The van der Waals surface area contributed by atoms with E-state index in [2.05, 4.69) is 9.97 Å². The van der Waals surface area contributed by atoms with Crippen LogP contribution in [-0.2, 0) is 20.7 Å². The van der Waals surface area contributed by atoms with Crippen molar-refractivity contribution in [2.45, 2.75) is 61.0 Å². The van der Waals surface area contributed by atoms with Gasteiger partial charge in [-0.25, -0.2) is 9.37 Å². The minimum atomic E-state index is -0.995. The number of hydrogen-bond acceptors (Lipinski definition) is 6. The van der Waals surface area contributed by atoms with Crippen LogP contribution in [0.4, 0.5) is 4.39 Å². The number of nitrogens with zero attached hydrogens (tertiary/aromatic N) is 1. The van der Waals surface area contributed by atoms with Gasteiger partial charge in [-0.3, -0.25) is 9.59 Å². The number of thioether (sulfide) groups is 1. The number of cyclic esters (lactones) is 1. The van der Waals surface area contributed by atoms with Crippen molar-refractivity contribution in [3.05, 3.63) is 52.8 Å². The molecule has 1 saturated carbocycles. The normalized spacial score (nSPS) is 23.1. The van der Waals surface area contributed by atoms with E-state index < -0.39 is 16.8 Å². The number of carbonyl (C=O) groups is 2. The number of aryl methyl sites for hydroxylation is 1. The monoisotopic (exact) mass is 516 g/mol. The second-order valence-electron chi connectivity index (χ2n) is 9.28. The van der Waals surface area contributed by atoms with E-state index in [1.165, 1.54) is 12.1 Å². The molecule has 0 radical (unpaired) electrons. The van der Waals surface area contributed by atoms with E-state index in [9.17, 15) is 14.0 Å². The average Bonchev–Trinajstić information content (AvgIpc) is 3.50. The fourth-order valence-corrected chi connectivity index (χ4v) is 6.48.